The van der Waals surface area contributed by atoms with Gasteiger partial charge in [0.1, 0.15) is 22.3 Å². The van der Waals surface area contributed by atoms with E-state index in [2.05, 4.69) is 206 Å². The number of nitrogens with zero attached hydrogens (tertiary/aromatic N) is 3. The lowest BCUT2D eigenvalue weighted by atomic mass is 9.90. The Kier molecular flexibility index (Phi) is 9.14. The Morgan fingerprint density at radius 2 is 0.800 bits per heavy atom. The Hall–Kier alpha value is -9.45. The van der Waals surface area contributed by atoms with Crippen LogP contribution in [0.15, 0.2) is 245 Å². The van der Waals surface area contributed by atoms with Crippen LogP contribution in [0.2, 0.25) is 0 Å². The molecule has 5 heteroatoms. The fraction of sp³-hybridized carbons (Fsp3) is 0. The highest BCUT2D eigenvalue weighted by Gasteiger charge is 2.21. The highest BCUT2D eigenvalue weighted by Crippen LogP contribution is 2.45. The molecule has 14 rings (SSSR count). The molecule has 0 aliphatic carbocycles. The van der Waals surface area contributed by atoms with Crippen LogP contribution in [-0.2, 0) is 0 Å². The lowest BCUT2D eigenvalue weighted by molar-refractivity contribution is 0.669. The molecule has 0 aliphatic heterocycles. The summed E-state index contributed by atoms with van der Waals surface area (Å²) in [5, 5.41) is 8.71. The first kappa shape index (κ1) is 39.7. The maximum absolute atomic E-state index is 7.05. The molecule has 0 aliphatic rings. The van der Waals surface area contributed by atoms with Crippen LogP contribution in [-0.4, -0.2) is 15.0 Å². The molecule has 5 nitrogen and oxygen atoms in total. The second-order valence-corrected chi connectivity index (χ2v) is 17.9. The van der Waals surface area contributed by atoms with Gasteiger partial charge < -0.3 is 8.83 Å². The molecular weight excluding hydrogens is 855 g/mol. The second-order valence-electron chi connectivity index (χ2n) is 17.9. The normalized spacial score (nSPS) is 11.7. The van der Waals surface area contributed by atoms with Gasteiger partial charge in [0.05, 0.1) is 0 Å². The van der Waals surface area contributed by atoms with Gasteiger partial charge in [-0.05, 0) is 115 Å². The van der Waals surface area contributed by atoms with E-state index >= 15 is 0 Å². The van der Waals surface area contributed by atoms with Crippen molar-refractivity contribution < 1.29 is 8.83 Å². The topological polar surface area (TPSA) is 65.0 Å². The van der Waals surface area contributed by atoms with E-state index in [-0.39, 0.29) is 0 Å². The van der Waals surface area contributed by atoms with Crippen LogP contribution in [0.3, 0.4) is 0 Å². The minimum Gasteiger partial charge on any atom is -0.456 e. The van der Waals surface area contributed by atoms with E-state index in [1.807, 2.05) is 30.3 Å². The van der Waals surface area contributed by atoms with Crippen molar-refractivity contribution in [3.63, 3.8) is 0 Å². The molecule has 14 aromatic rings. The fourth-order valence-corrected chi connectivity index (χ4v) is 10.3. The van der Waals surface area contributed by atoms with E-state index in [0.717, 1.165) is 127 Å². The number of rotatable bonds is 7. The minimum absolute atomic E-state index is 0.579. The molecule has 326 valence electrons. The van der Waals surface area contributed by atoms with Crippen LogP contribution < -0.4 is 0 Å². The first-order valence-electron chi connectivity index (χ1n) is 23.6. The maximum atomic E-state index is 7.05. The van der Waals surface area contributed by atoms with Gasteiger partial charge in [-0.25, -0.2) is 15.0 Å². The van der Waals surface area contributed by atoms with Gasteiger partial charge in [-0.15, -0.1) is 0 Å². The molecule has 11 aromatic carbocycles. The molecule has 0 unspecified atom stereocenters. The first-order chi connectivity index (χ1) is 34.6. The van der Waals surface area contributed by atoms with Gasteiger partial charge in [-0.1, -0.05) is 182 Å². The van der Waals surface area contributed by atoms with Crippen molar-refractivity contribution in [2.24, 2.45) is 0 Å². The van der Waals surface area contributed by atoms with Gasteiger partial charge in [0.2, 0.25) is 0 Å². The summed E-state index contributed by atoms with van der Waals surface area (Å²) >= 11 is 0. The van der Waals surface area contributed by atoms with Gasteiger partial charge in [0, 0.05) is 43.8 Å². The van der Waals surface area contributed by atoms with Gasteiger partial charge in [0.25, 0.3) is 0 Å². The quantitative estimate of drug-likeness (QED) is 0.159. The number of hydrogen-bond donors (Lipinski definition) is 0. The Labute approximate surface area is 402 Å². The Bertz CT molecular complexity index is 4290. The van der Waals surface area contributed by atoms with E-state index in [9.17, 15) is 0 Å². The second kappa shape index (κ2) is 16.1. The van der Waals surface area contributed by atoms with Crippen LogP contribution >= 0.6 is 0 Å². The molecule has 0 radical (unpaired) electrons. The van der Waals surface area contributed by atoms with Crippen molar-refractivity contribution >= 4 is 65.4 Å². The third-order valence-corrected chi connectivity index (χ3v) is 13.7. The van der Waals surface area contributed by atoms with Crippen LogP contribution in [0.4, 0.5) is 0 Å². The zero-order valence-corrected chi connectivity index (χ0v) is 37.7. The molecule has 0 spiro atoms. The van der Waals surface area contributed by atoms with E-state index in [4.69, 9.17) is 23.8 Å². The minimum atomic E-state index is 0.579. The molecule has 0 bridgehead atoms. The number of aromatic nitrogens is 3. The summed E-state index contributed by atoms with van der Waals surface area (Å²) in [5.41, 5.74) is 14.8. The predicted octanol–water partition coefficient (Wildman–Crippen LogP) is 17.6. The smallest absolute Gasteiger partial charge is 0.164 e. The molecule has 70 heavy (non-hydrogen) atoms. The number of para-hydroxylation sites is 1. The van der Waals surface area contributed by atoms with Gasteiger partial charge in [0.15, 0.2) is 17.5 Å². The summed E-state index contributed by atoms with van der Waals surface area (Å²) in [6.07, 6.45) is 0. The van der Waals surface area contributed by atoms with Crippen LogP contribution in [0.25, 0.3) is 144 Å². The zero-order chi connectivity index (χ0) is 46.1. The van der Waals surface area contributed by atoms with Crippen molar-refractivity contribution in [1.29, 1.82) is 0 Å². The van der Waals surface area contributed by atoms with Crippen molar-refractivity contribution in [2.75, 3.05) is 0 Å². The lowest BCUT2D eigenvalue weighted by Gasteiger charge is -2.13. The Morgan fingerprint density at radius 3 is 1.54 bits per heavy atom. The third-order valence-electron chi connectivity index (χ3n) is 13.7. The summed E-state index contributed by atoms with van der Waals surface area (Å²) in [6.45, 7) is 0. The Morgan fingerprint density at radius 1 is 0.243 bits per heavy atom. The van der Waals surface area contributed by atoms with Crippen molar-refractivity contribution in [2.45, 2.75) is 0 Å². The molecule has 0 fully saturated rings. The van der Waals surface area contributed by atoms with Gasteiger partial charge in [-0.3, -0.25) is 0 Å². The summed E-state index contributed by atoms with van der Waals surface area (Å²) < 4.78 is 13.4. The van der Waals surface area contributed by atoms with Crippen molar-refractivity contribution in [1.82, 2.24) is 15.0 Å². The van der Waals surface area contributed by atoms with Crippen molar-refractivity contribution in [3.05, 3.63) is 237 Å². The average molecular weight is 894 g/mol. The molecule has 3 aromatic heterocycles. The highest BCUT2D eigenvalue weighted by atomic mass is 16.3. The molecule has 0 saturated heterocycles. The lowest BCUT2D eigenvalue weighted by Crippen LogP contribution is -2.00. The number of hydrogen-bond acceptors (Lipinski definition) is 5. The monoisotopic (exact) mass is 893 g/mol. The number of fused-ring (bicyclic) bond motifs is 8. The van der Waals surface area contributed by atoms with Gasteiger partial charge in [-0.2, -0.15) is 0 Å². The van der Waals surface area contributed by atoms with E-state index in [1.165, 1.54) is 0 Å². The first-order valence-corrected chi connectivity index (χ1v) is 23.6. The van der Waals surface area contributed by atoms with Crippen LogP contribution in [0, 0.1) is 0 Å². The molecule has 0 N–H and O–H groups in total. The molecular formula is C65H39N3O2. The van der Waals surface area contributed by atoms with Crippen molar-refractivity contribution in [3.8, 4) is 78.7 Å². The molecule has 3 heterocycles. The van der Waals surface area contributed by atoms with Crippen LogP contribution in [0.5, 0.6) is 0 Å². The van der Waals surface area contributed by atoms with E-state index in [1.54, 1.807) is 0 Å². The summed E-state index contributed by atoms with van der Waals surface area (Å²) in [5.74, 6) is 1.76. The maximum Gasteiger partial charge on any atom is 0.164 e. The molecule has 0 atom stereocenters. The average Bonchev–Trinajstić information content (AvgIpc) is 4.01. The Balaban J connectivity index is 0.942. The molecule has 0 amide bonds. The summed E-state index contributed by atoms with van der Waals surface area (Å²) in [6, 6.07) is 83.0. The van der Waals surface area contributed by atoms with E-state index in [0.29, 0.717) is 17.5 Å². The zero-order valence-electron chi connectivity index (χ0n) is 37.7. The summed E-state index contributed by atoms with van der Waals surface area (Å²) in [4.78, 5) is 15.6. The third kappa shape index (κ3) is 6.75. The summed E-state index contributed by atoms with van der Waals surface area (Å²) in [7, 11) is 0. The largest absolute Gasteiger partial charge is 0.456 e. The van der Waals surface area contributed by atoms with E-state index < -0.39 is 0 Å². The highest BCUT2D eigenvalue weighted by molar-refractivity contribution is 6.19. The fourth-order valence-electron chi connectivity index (χ4n) is 10.3. The number of furan rings is 2. The van der Waals surface area contributed by atoms with Gasteiger partial charge >= 0.3 is 0 Å². The number of benzene rings is 11. The molecule has 0 saturated carbocycles. The standard InChI is InChI=1S/C65H39N3O2/c1-3-14-40(15-4-1)49-35-50(41-16-5-2-6-17-41)37-51(36-49)53-33-32-52(61-56-38-46-20-9-10-21-47(46)39-59(56)70-62(53)61)43-27-29-44(30-28-43)63-66-64(48-31-26-42-18-7-8-19-45(42)34-48)68-65(67-63)55-23-13-25-58-60(55)54-22-11-12-24-57(54)69-58/h1-39H. The van der Waals surface area contributed by atoms with Crippen LogP contribution in [0.1, 0.15) is 0 Å². The SMILES string of the molecule is c1ccc(-c2cc(-c3ccccc3)cc(-c3ccc(-c4ccc(-c5nc(-c6ccc7ccccc7c6)nc(-c6cccc7oc8ccccc8c67)n5)cc4)c4c3oc3cc5ccccc5cc34)c2)cc1. The predicted molar refractivity (Wildman–Crippen MR) is 287 cm³/mol.